The minimum absolute atomic E-state index is 0.282. The Bertz CT molecular complexity index is 698. The van der Waals surface area contributed by atoms with E-state index in [0.29, 0.717) is 0 Å². The van der Waals surface area contributed by atoms with Crippen molar-refractivity contribution in [2.75, 3.05) is 0 Å². The molecule has 1 atom stereocenters. The maximum atomic E-state index is 11.9. The van der Waals surface area contributed by atoms with Gasteiger partial charge in [-0.15, -0.1) is 0 Å². The van der Waals surface area contributed by atoms with Gasteiger partial charge in [0.1, 0.15) is 11.6 Å². The summed E-state index contributed by atoms with van der Waals surface area (Å²) < 4.78 is 5.17. The van der Waals surface area contributed by atoms with E-state index in [1.165, 1.54) is 0 Å². The number of alkyl carbamates (subject to hydrolysis) is 1. The molecule has 6 heteroatoms. The molecule has 1 aromatic rings. The maximum Gasteiger partial charge on any atom is 0.408 e. The summed E-state index contributed by atoms with van der Waals surface area (Å²) >= 11 is 0. The second-order valence-electron chi connectivity index (χ2n) is 6.74. The van der Waals surface area contributed by atoms with Crippen molar-refractivity contribution in [3.05, 3.63) is 53.7 Å². The second-order valence-corrected chi connectivity index (χ2v) is 6.74. The van der Waals surface area contributed by atoms with Gasteiger partial charge < -0.3 is 15.8 Å². The summed E-state index contributed by atoms with van der Waals surface area (Å²) in [6, 6.07) is 6.80. The van der Waals surface area contributed by atoms with Crippen LogP contribution in [0, 0.1) is 0 Å². The van der Waals surface area contributed by atoms with Crippen molar-refractivity contribution in [3.8, 4) is 0 Å². The molecule has 0 aliphatic carbocycles. The molecule has 1 rings (SSSR count). The van der Waals surface area contributed by atoms with Crippen LogP contribution < -0.4 is 11.1 Å². The molecule has 0 fully saturated rings. The van der Waals surface area contributed by atoms with E-state index in [4.69, 9.17) is 10.5 Å². The highest BCUT2D eigenvalue weighted by atomic mass is 16.6. The molecule has 6 nitrogen and oxygen atoms in total. The number of carbonyl (C=O) groups is 2. The van der Waals surface area contributed by atoms with Gasteiger partial charge in [0.25, 0.3) is 0 Å². The summed E-state index contributed by atoms with van der Waals surface area (Å²) in [5.41, 5.74) is 7.64. The number of amides is 2. The van der Waals surface area contributed by atoms with Gasteiger partial charge in [0, 0.05) is 12.6 Å². The Morgan fingerprint density at radius 2 is 1.92 bits per heavy atom. The maximum absolute atomic E-state index is 11.9. The summed E-state index contributed by atoms with van der Waals surface area (Å²) in [6.45, 7) is 10.6. The zero-order valence-corrected chi connectivity index (χ0v) is 15.8. The van der Waals surface area contributed by atoms with Gasteiger partial charge in [-0.1, -0.05) is 30.3 Å². The standard InChI is InChI=1S/C20H27N3O3/c1-6-15(11-12-22-5)16-9-7-14(8-10-16)13-17(18(21)24)23-19(25)26-20(2,3)4/h6-12,17H,5,13H2,1-4H3,(H2,21,24)(H,23,25)/b12-11-,15-6+/t17-/m1/s1. The normalized spacial score (nSPS) is 13.3. The SMILES string of the molecule is C=N/C=C\C(=C/C)c1ccc(C[C@@H](NC(=O)OC(C)(C)C)C(N)=O)cc1. The molecule has 0 spiro atoms. The van der Waals surface area contributed by atoms with Crippen LogP contribution in [0.25, 0.3) is 5.57 Å². The number of nitrogens with two attached hydrogens (primary N) is 1. The minimum Gasteiger partial charge on any atom is -0.444 e. The molecule has 140 valence electrons. The Morgan fingerprint density at radius 3 is 2.38 bits per heavy atom. The van der Waals surface area contributed by atoms with Crippen LogP contribution in [-0.2, 0) is 16.0 Å². The monoisotopic (exact) mass is 357 g/mol. The predicted molar refractivity (Wildman–Crippen MR) is 105 cm³/mol. The highest BCUT2D eigenvalue weighted by Gasteiger charge is 2.23. The van der Waals surface area contributed by atoms with Crippen LogP contribution in [0.3, 0.4) is 0 Å². The number of ether oxygens (including phenoxy) is 1. The first-order valence-electron chi connectivity index (χ1n) is 8.33. The fourth-order valence-electron chi connectivity index (χ4n) is 2.23. The summed E-state index contributed by atoms with van der Waals surface area (Å²) in [6.07, 6.45) is 5.06. The number of hydrogen-bond donors (Lipinski definition) is 2. The zero-order chi connectivity index (χ0) is 19.7. The molecule has 0 saturated carbocycles. The Balaban J connectivity index is 2.84. The third-order valence-corrected chi connectivity index (χ3v) is 3.43. The van der Waals surface area contributed by atoms with E-state index in [9.17, 15) is 9.59 Å². The molecule has 0 aromatic heterocycles. The first-order chi connectivity index (χ1) is 12.2. The number of hydrogen-bond acceptors (Lipinski definition) is 4. The fraction of sp³-hybridized carbons (Fsp3) is 0.350. The Morgan fingerprint density at radius 1 is 1.31 bits per heavy atom. The van der Waals surface area contributed by atoms with Crippen molar-refractivity contribution in [2.45, 2.75) is 45.8 Å². The molecule has 2 amide bonds. The molecule has 26 heavy (non-hydrogen) atoms. The van der Waals surface area contributed by atoms with Gasteiger partial charge >= 0.3 is 6.09 Å². The lowest BCUT2D eigenvalue weighted by molar-refractivity contribution is -0.120. The van der Waals surface area contributed by atoms with Gasteiger partial charge in [-0.2, -0.15) is 0 Å². The van der Waals surface area contributed by atoms with Crippen LogP contribution in [0.1, 0.15) is 38.8 Å². The Labute approximate surface area is 154 Å². The van der Waals surface area contributed by atoms with Crippen LogP contribution in [0.2, 0.25) is 0 Å². The average molecular weight is 357 g/mol. The predicted octanol–water partition coefficient (Wildman–Crippen LogP) is 3.23. The third-order valence-electron chi connectivity index (χ3n) is 3.43. The van der Waals surface area contributed by atoms with Crippen LogP contribution in [0.15, 0.2) is 47.6 Å². The molecular weight excluding hydrogens is 330 g/mol. The van der Waals surface area contributed by atoms with Gasteiger partial charge in [-0.3, -0.25) is 9.79 Å². The highest BCUT2D eigenvalue weighted by molar-refractivity contribution is 5.84. The molecule has 0 saturated heterocycles. The van der Waals surface area contributed by atoms with E-state index >= 15 is 0 Å². The molecule has 0 unspecified atom stereocenters. The van der Waals surface area contributed by atoms with E-state index in [-0.39, 0.29) is 6.42 Å². The molecule has 0 aliphatic heterocycles. The minimum atomic E-state index is -0.846. The van der Waals surface area contributed by atoms with Gasteiger partial charge in [0.05, 0.1) is 0 Å². The first kappa shape index (κ1) is 21.2. The second kappa shape index (κ2) is 9.56. The number of primary amides is 1. The van der Waals surface area contributed by atoms with Crippen molar-refractivity contribution in [1.82, 2.24) is 5.32 Å². The van der Waals surface area contributed by atoms with Crippen molar-refractivity contribution in [1.29, 1.82) is 0 Å². The van der Waals surface area contributed by atoms with Crippen molar-refractivity contribution in [2.24, 2.45) is 10.7 Å². The lowest BCUT2D eigenvalue weighted by atomic mass is 10.00. The van der Waals surface area contributed by atoms with Crippen LogP contribution in [0.4, 0.5) is 4.79 Å². The van der Waals surface area contributed by atoms with Crippen molar-refractivity contribution < 1.29 is 14.3 Å². The van der Waals surface area contributed by atoms with Crippen molar-refractivity contribution in [3.63, 3.8) is 0 Å². The molecular formula is C20H27N3O3. The lowest BCUT2D eigenvalue weighted by Gasteiger charge is -2.22. The fourth-order valence-corrected chi connectivity index (χ4v) is 2.23. The number of rotatable bonds is 7. The third kappa shape index (κ3) is 7.34. The smallest absolute Gasteiger partial charge is 0.408 e. The number of nitrogens with one attached hydrogen (secondary N) is 1. The highest BCUT2D eigenvalue weighted by Crippen LogP contribution is 2.17. The topological polar surface area (TPSA) is 93.8 Å². The first-order valence-corrected chi connectivity index (χ1v) is 8.33. The van der Waals surface area contributed by atoms with E-state index in [2.05, 4.69) is 17.0 Å². The molecule has 0 radical (unpaired) electrons. The number of aliphatic imine (C=N–C) groups is 1. The molecule has 0 heterocycles. The van der Waals surface area contributed by atoms with E-state index in [0.717, 1.165) is 16.7 Å². The lowest BCUT2D eigenvalue weighted by Crippen LogP contribution is -2.47. The van der Waals surface area contributed by atoms with E-state index < -0.39 is 23.6 Å². The summed E-state index contributed by atoms with van der Waals surface area (Å²) in [5, 5.41) is 2.52. The molecule has 0 bridgehead atoms. The van der Waals surface area contributed by atoms with Gasteiger partial charge in [-0.25, -0.2) is 4.79 Å². The van der Waals surface area contributed by atoms with Crippen LogP contribution in [-0.4, -0.2) is 30.4 Å². The number of allylic oxidation sites excluding steroid dienone is 3. The van der Waals surface area contributed by atoms with Gasteiger partial charge in [0.2, 0.25) is 5.91 Å². The number of carbonyl (C=O) groups excluding carboxylic acids is 2. The van der Waals surface area contributed by atoms with Crippen LogP contribution in [0.5, 0.6) is 0 Å². The van der Waals surface area contributed by atoms with E-state index in [1.807, 2.05) is 43.3 Å². The molecule has 1 aromatic carbocycles. The summed E-state index contributed by atoms with van der Waals surface area (Å²) in [4.78, 5) is 27.2. The Kier molecular flexibility index (Phi) is 7.77. The quantitative estimate of drug-likeness (QED) is 0.579. The van der Waals surface area contributed by atoms with Gasteiger partial charge in [-0.05, 0) is 57.2 Å². The Hall–Kier alpha value is -2.89. The largest absolute Gasteiger partial charge is 0.444 e. The molecule has 0 aliphatic rings. The number of nitrogens with zero attached hydrogens (tertiary/aromatic N) is 1. The summed E-state index contributed by atoms with van der Waals surface area (Å²) in [7, 11) is 0. The van der Waals surface area contributed by atoms with E-state index in [1.54, 1.807) is 27.0 Å². The molecule has 3 N–H and O–H groups in total. The zero-order valence-electron chi connectivity index (χ0n) is 15.8. The van der Waals surface area contributed by atoms with Crippen LogP contribution >= 0.6 is 0 Å². The average Bonchev–Trinajstić information content (AvgIpc) is 2.54. The van der Waals surface area contributed by atoms with Crippen molar-refractivity contribution >= 4 is 24.3 Å². The van der Waals surface area contributed by atoms with Gasteiger partial charge in [0.15, 0.2) is 0 Å². The number of benzene rings is 1. The summed E-state index contributed by atoms with van der Waals surface area (Å²) in [5.74, 6) is -0.617.